The first kappa shape index (κ1) is 17.8. The van der Waals surface area contributed by atoms with E-state index in [4.69, 9.17) is 0 Å². The van der Waals surface area contributed by atoms with Crippen molar-refractivity contribution in [1.82, 2.24) is 19.7 Å². The predicted octanol–water partition coefficient (Wildman–Crippen LogP) is 4.31. The van der Waals surface area contributed by atoms with Crippen LogP contribution in [-0.4, -0.2) is 25.7 Å². The van der Waals surface area contributed by atoms with Crippen LogP contribution in [-0.2, 0) is 6.54 Å². The van der Waals surface area contributed by atoms with Crippen LogP contribution in [0.5, 0.6) is 0 Å². The summed E-state index contributed by atoms with van der Waals surface area (Å²) in [4.78, 5) is 21.4. The molecule has 0 fully saturated rings. The van der Waals surface area contributed by atoms with Gasteiger partial charge in [-0.05, 0) is 63.9 Å². The molecule has 0 aliphatic carbocycles. The summed E-state index contributed by atoms with van der Waals surface area (Å²) in [6.07, 6.45) is 3.35. The zero-order valence-electron chi connectivity index (χ0n) is 14.0. The first-order chi connectivity index (χ1) is 13.2. The quantitative estimate of drug-likeness (QED) is 0.425. The number of nitrogens with zero attached hydrogens (tertiary/aromatic N) is 4. The highest BCUT2D eigenvalue weighted by Gasteiger charge is 2.19. The fourth-order valence-electron chi connectivity index (χ4n) is 2.48. The molecule has 0 unspecified atom stereocenters. The molecule has 0 saturated carbocycles. The number of nitrogens with one attached hydrogen (secondary N) is 1. The maximum atomic E-state index is 12.8. The van der Waals surface area contributed by atoms with Crippen molar-refractivity contribution >= 4 is 45.8 Å². The van der Waals surface area contributed by atoms with Crippen LogP contribution in [0, 0.1) is 3.57 Å². The van der Waals surface area contributed by atoms with E-state index in [-0.39, 0.29) is 5.91 Å². The minimum Gasteiger partial charge on any atom is -0.350 e. The van der Waals surface area contributed by atoms with Crippen molar-refractivity contribution in [1.29, 1.82) is 0 Å². The van der Waals surface area contributed by atoms with Crippen LogP contribution in [0.15, 0.2) is 65.6 Å². The number of thiophene rings is 1. The molecule has 0 atom stereocenters. The van der Waals surface area contributed by atoms with Crippen LogP contribution in [0.4, 0.5) is 5.95 Å². The van der Waals surface area contributed by atoms with Gasteiger partial charge in [0.2, 0.25) is 5.95 Å². The van der Waals surface area contributed by atoms with E-state index >= 15 is 0 Å². The number of carbonyl (C=O) groups is 1. The predicted molar refractivity (Wildman–Crippen MR) is 114 cm³/mol. The van der Waals surface area contributed by atoms with Gasteiger partial charge >= 0.3 is 0 Å². The first-order valence-corrected chi connectivity index (χ1v) is 10.2. The maximum Gasteiger partial charge on any atom is 0.282 e. The average molecular weight is 487 g/mol. The summed E-state index contributed by atoms with van der Waals surface area (Å²) in [6, 6.07) is 13.6. The zero-order valence-corrected chi connectivity index (χ0v) is 17.0. The minimum atomic E-state index is -0.214. The van der Waals surface area contributed by atoms with Crippen LogP contribution in [0.25, 0.3) is 11.4 Å². The van der Waals surface area contributed by atoms with Gasteiger partial charge < -0.3 is 5.32 Å². The molecule has 1 N–H and O–H groups in total. The van der Waals surface area contributed by atoms with Crippen LogP contribution in [0.2, 0.25) is 0 Å². The number of benzene rings is 1. The van der Waals surface area contributed by atoms with Gasteiger partial charge in [-0.2, -0.15) is 21.0 Å². The lowest BCUT2D eigenvalue weighted by molar-refractivity contribution is 0.0948. The maximum absolute atomic E-state index is 12.8. The second kappa shape index (κ2) is 7.97. The van der Waals surface area contributed by atoms with Crippen LogP contribution in [0.3, 0.4) is 0 Å². The van der Waals surface area contributed by atoms with E-state index in [9.17, 15) is 4.79 Å². The van der Waals surface area contributed by atoms with E-state index in [0.717, 1.165) is 11.1 Å². The molecule has 8 heteroatoms. The monoisotopic (exact) mass is 487 g/mol. The van der Waals surface area contributed by atoms with Crippen molar-refractivity contribution in [3.63, 3.8) is 0 Å². The number of hydrogen-bond donors (Lipinski definition) is 1. The van der Waals surface area contributed by atoms with E-state index in [0.29, 0.717) is 23.9 Å². The molecule has 0 aliphatic heterocycles. The van der Waals surface area contributed by atoms with Gasteiger partial charge in [-0.3, -0.25) is 9.78 Å². The first-order valence-electron chi connectivity index (χ1n) is 8.13. The number of pyridine rings is 1. The second-order valence-electron chi connectivity index (χ2n) is 5.70. The number of halogens is 1. The lowest BCUT2D eigenvalue weighted by atomic mass is 10.2. The highest BCUT2D eigenvalue weighted by Crippen LogP contribution is 2.19. The fourth-order valence-corrected chi connectivity index (χ4v) is 3.47. The Balaban J connectivity index is 1.66. The molecule has 4 rings (SSSR count). The van der Waals surface area contributed by atoms with E-state index in [2.05, 4.69) is 43.0 Å². The summed E-state index contributed by atoms with van der Waals surface area (Å²) < 4.78 is 2.50. The summed E-state index contributed by atoms with van der Waals surface area (Å²) in [5, 5.41) is 11.3. The number of aromatic nitrogens is 4. The summed E-state index contributed by atoms with van der Waals surface area (Å²) in [5.41, 5.74) is 2.49. The van der Waals surface area contributed by atoms with Crippen molar-refractivity contribution in [2.24, 2.45) is 0 Å². The molecule has 0 saturated heterocycles. The topological polar surface area (TPSA) is 72.7 Å². The van der Waals surface area contributed by atoms with Crippen LogP contribution >= 0.6 is 33.9 Å². The number of carbonyl (C=O) groups excluding carboxylic acids is 1. The number of rotatable bonds is 5. The molecule has 0 amide bonds. The largest absolute Gasteiger partial charge is 0.350 e. The van der Waals surface area contributed by atoms with Crippen LogP contribution < -0.4 is 5.32 Å². The standard InChI is InChI=1S/C19H14IN5OS/c20-16-3-1-13(2-4-16)11-22-19-23-17(14-5-8-21-9-6-14)24-25(19)18(26)15-7-10-27-12-15/h1-10,12H,11H2,(H,22,23,24). The Morgan fingerprint density at radius 2 is 1.89 bits per heavy atom. The highest BCUT2D eigenvalue weighted by atomic mass is 127. The zero-order chi connectivity index (χ0) is 18.6. The lowest BCUT2D eigenvalue weighted by Gasteiger charge is -2.06. The molecule has 27 heavy (non-hydrogen) atoms. The SMILES string of the molecule is O=C(c1ccsc1)n1nc(-c2ccncc2)nc1NCc1ccc(I)cc1. The third kappa shape index (κ3) is 4.06. The Labute approximate surface area is 173 Å². The smallest absolute Gasteiger partial charge is 0.282 e. The Morgan fingerprint density at radius 1 is 1.11 bits per heavy atom. The van der Waals surface area contributed by atoms with Crippen molar-refractivity contribution in [3.05, 3.63) is 80.3 Å². The summed E-state index contributed by atoms with van der Waals surface area (Å²) in [7, 11) is 0. The van der Waals surface area contributed by atoms with E-state index in [1.807, 2.05) is 41.8 Å². The molecule has 3 aromatic heterocycles. The Bertz CT molecular complexity index is 1050. The van der Waals surface area contributed by atoms with Gasteiger partial charge in [0.15, 0.2) is 5.82 Å². The summed E-state index contributed by atoms with van der Waals surface area (Å²) >= 11 is 3.74. The van der Waals surface area contributed by atoms with Gasteiger partial charge in [0.05, 0.1) is 5.56 Å². The Hall–Kier alpha value is -2.59. The third-order valence-corrected chi connectivity index (χ3v) is 5.27. The van der Waals surface area contributed by atoms with Crippen molar-refractivity contribution in [3.8, 4) is 11.4 Å². The molecule has 0 aliphatic rings. The third-order valence-electron chi connectivity index (χ3n) is 3.87. The highest BCUT2D eigenvalue weighted by molar-refractivity contribution is 14.1. The van der Waals surface area contributed by atoms with Crippen molar-refractivity contribution in [2.75, 3.05) is 5.32 Å². The number of anilines is 1. The molecule has 0 spiro atoms. The molecule has 134 valence electrons. The molecule has 0 radical (unpaired) electrons. The van der Waals surface area contributed by atoms with Gasteiger partial charge in [-0.25, -0.2) is 0 Å². The van der Waals surface area contributed by atoms with Gasteiger partial charge in [0.25, 0.3) is 5.91 Å². The van der Waals surface area contributed by atoms with Crippen LogP contribution in [0.1, 0.15) is 15.9 Å². The van der Waals surface area contributed by atoms with Gasteiger partial charge in [-0.15, -0.1) is 5.10 Å². The molecule has 1 aromatic carbocycles. The summed E-state index contributed by atoms with van der Waals surface area (Å²) in [5.74, 6) is 0.678. The Morgan fingerprint density at radius 3 is 2.59 bits per heavy atom. The van der Waals surface area contributed by atoms with Crippen molar-refractivity contribution in [2.45, 2.75) is 6.54 Å². The van der Waals surface area contributed by atoms with E-state index in [1.165, 1.54) is 19.6 Å². The fraction of sp³-hybridized carbons (Fsp3) is 0.0526. The summed E-state index contributed by atoms with van der Waals surface area (Å²) in [6.45, 7) is 0.544. The number of hydrogen-bond acceptors (Lipinski definition) is 6. The van der Waals surface area contributed by atoms with Gasteiger partial charge in [0.1, 0.15) is 0 Å². The Kier molecular flexibility index (Phi) is 5.26. The van der Waals surface area contributed by atoms with Crippen molar-refractivity contribution < 1.29 is 4.79 Å². The minimum absolute atomic E-state index is 0.214. The molecule has 0 bridgehead atoms. The van der Waals surface area contributed by atoms with Gasteiger partial charge in [-0.1, -0.05) is 12.1 Å². The molecule has 4 aromatic rings. The molecular formula is C19H14IN5OS. The average Bonchev–Trinajstić information content (AvgIpc) is 3.38. The lowest BCUT2D eigenvalue weighted by Crippen LogP contribution is -2.17. The van der Waals surface area contributed by atoms with Gasteiger partial charge in [0, 0.05) is 33.5 Å². The van der Waals surface area contributed by atoms with E-state index in [1.54, 1.807) is 23.8 Å². The molecule has 3 heterocycles. The van der Waals surface area contributed by atoms with E-state index < -0.39 is 0 Å². The molecular weight excluding hydrogens is 473 g/mol. The molecule has 6 nitrogen and oxygen atoms in total. The normalized spacial score (nSPS) is 10.7. The second-order valence-corrected chi connectivity index (χ2v) is 7.73.